The van der Waals surface area contributed by atoms with E-state index in [1.54, 1.807) is 121 Å². The number of nitrogens with zero attached hydrogens (tertiary/aromatic N) is 4. The van der Waals surface area contributed by atoms with Crippen LogP contribution >= 0.6 is 0 Å². The summed E-state index contributed by atoms with van der Waals surface area (Å²) in [7, 11) is 0. The summed E-state index contributed by atoms with van der Waals surface area (Å²) in [4.78, 5) is 61.0. The van der Waals surface area contributed by atoms with E-state index in [1.165, 1.54) is 9.80 Å². The maximum atomic E-state index is 15.1. The maximum Gasteiger partial charge on any atom is 0.345 e. The van der Waals surface area contributed by atoms with Crippen LogP contribution < -0.4 is 42.0 Å². The predicted octanol–water partition coefficient (Wildman–Crippen LogP) is 5.74. The molecule has 4 aliphatic rings. The zero-order valence-electron chi connectivity index (χ0n) is 32.2. The number of hydrogen-bond donors (Lipinski definition) is 2. The minimum absolute atomic E-state index is 0.0241. The lowest BCUT2D eigenvalue weighted by Gasteiger charge is -2.33. The normalized spacial score (nSPS) is 19.6. The van der Waals surface area contributed by atoms with Crippen LogP contribution in [0.3, 0.4) is 0 Å². The maximum absolute atomic E-state index is 15.1. The van der Waals surface area contributed by atoms with Gasteiger partial charge in [-0.1, -0.05) is 84.9 Å². The zero-order valence-corrected chi connectivity index (χ0v) is 32.2. The second-order valence-corrected chi connectivity index (χ2v) is 15.2. The molecular formula is C48H28N6O8. The van der Waals surface area contributed by atoms with Crippen LogP contribution in [0.15, 0.2) is 163 Å². The largest absolute Gasteiger partial charge is 0.439 e. The number of para-hydroxylation sites is 4. The first-order valence-electron chi connectivity index (χ1n) is 19.3. The van der Waals surface area contributed by atoms with Crippen molar-refractivity contribution in [2.45, 2.75) is 23.9 Å². The summed E-state index contributed by atoms with van der Waals surface area (Å²) in [6.45, 7) is 0.0482. The molecule has 0 bridgehead atoms. The molecule has 5 aromatic carbocycles. The van der Waals surface area contributed by atoms with Crippen molar-refractivity contribution < 1.29 is 27.9 Å². The quantitative estimate of drug-likeness (QED) is 0.203. The van der Waals surface area contributed by atoms with Crippen molar-refractivity contribution in [2.24, 2.45) is 11.5 Å². The van der Waals surface area contributed by atoms with E-state index in [1.807, 2.05) is 0 Å². The van der Waals surface area contributed by atoms with Crippen molar-refractivity contribution in [1.82, 2.24) is 0 Å². The third-order valence-corrected chi connectivity index (χ3v) is 12.2. The van der Waals surface area contributed by atoms with E-state index in [2.05, 4.69) is 12.1 Å². The summed E-state index contributed by atoms with van der Waals surface area (Å²) >= 11 is 0. The van der Waals surface area contributed by atoms with E-state index in [4.69, 9.17) is 29.8 Å². The number of carbonyl (C=O) groups is 2. The number of ether oxygens (including phenoxy) is 2. The van der Waals surface area contributed by atoms with Gasteiger partial charge in [-0.25, -0.2) is 9.59 Å². The lowest BCUT2D eigenvalue weighted by molar-refractivity contribution is -0.121. The van der Waals surface area contributed by atoms with Crippen LogP contribution in [-0.4, -0.2) is 11.8 Å². The smallest absolute Gasteiger partial charge is 0.345 e. The molecule has 4 aliphatic heterocycles. The number of fused-ring (bicyclic) bond motifs is 12. The van der Waals surface area contributed by atoms with Gasteiger partial charge in [0.25, 0.3) is 0 Å². The average Bonchev–Trinajstić information content (AvgIpc) is 3.65. The molecule has 2 amide bonds. The number of amides is 2. The van der Waals surface area contributed by atoms with Gasteiger partial charge >= 0.3 is 11.3 Å². The highest BCUT2D eigenvalue weighted by atomic mass is 16.5. The third-order valence-electron chi connectivity index (χ3n) is 12.2. The molecule has 0 radical (unpaired) electrons. The molecule has 298 valence electrons. The first-order chi connectivity index (χ1) is 30.1. The summed E-state index contributed by atoms with van der Waals surface area (Å²) < 4.78 is 23.4. The zero-order chi connectivity index (χ0) is 42.7. The molecule has 0 saturated heterocycles. The van der Waals surface area contributed by atoms with Crippen molar-refractivity contribution in [1.29, 1.82) is 10.5 Å². The molecule has 14 heteroatoms. The molecule has 2 aromatic heterocycles. The van der Waals surface area contributed by atoms with Crippen LogP contribution in [0.5, 0.6) is 11.5 Å². The summed E-state index contributed by atoms with van der Waals surface area (Å²) in [6.07, 6.45) is 0. The van der Waals surface area contributed by atoms with E-state index in [0.29, 0.717) is 44.4 Å². The number of hydrogen-bond acceptors (Lipinski definition) is 12. The summed E-state index contributed by atoms with van der Waals surface area (Å²) in [6, 6.07) is 38.6. The number of anilines is 2. The molecule has 14 nitrogen and oxygen atoms in total. The third kappa shape index (κ3) is 4.49. The Labute approximate surface area is 349 Å². The van der Waals surface area contributed by atoms with Crippen molar-refractivity contribution in [3.63, 3.8) is 0 Å². The number of rotatable bonds is 4. The van der Waals surface area contributed by atoms with Crippen molar-refractivity contribution in [3.05, 3.63) is 198 Å². The number of benzene rings is 5. The number of nitriles is 2. The minimum atomic E-state index is -1.96. The fraction of sp³-hybridized carbons (Fsp3) is 0.0833. The van der Waals surface area contributed by atoms with Crippen LogP contribution in [0.25, 0.3) is 21.9 Å². The monoisotopic (exact) mass is 816 g/mol. The molecule has 2 spiro atoms. The second kappa shape index (κ2) is 12.8. The van der Waals surface area contributed by atoms with Crippen LogP contribution in [0.2, 0.25) is 0 Å². The Morgan fingerprint density at radius 1 is 0.516 bits per heavy atom. The van der Waals surface area contributed by atoms with Gasteiger partial charge in [-0.3, -0.25) is 9.59 Å². The van der Waals surface area contributed by atoms with Gasteiger partial charge in [-0.15, -0.1) is 0 Å². The molecule has 0 saturated carbocycles. The standard InChI is InChI=1S/C48H28N6O8/c49-21-31-41(51)61-39-27-9-1-7-15-35(27)59-43(55)37(39)47(31)29-11-3-5-13-33(29)53(45(47)57)23-25-17-19-26(20-18-25)24-54-34-14-6-4-12-30(34)48(46(54)58)32(22-50)42(52)62-40-28-10-2-8-16-36(28)60-44(56)38(40)48/h1-20H,23-24,51-52H2. The fourth-order valence-electron chi connectivity index (χ4n) is 9.62. The van der Waals surface area contributed by atoms with Gasteiger partial charge in [-0.2, -0.15) is 10.5 Å². The Balaban J connectivity index is 0.968. The van der Waals surface area contributed by atoms with Crippen LogP contribution in [-0.2, 0) is 33.5 Å². The van der Waals surface area contributed by atoms with Crippen molar-refractivity contribution in [3.8, 4) is 23.6 Å². The SMILES string of the molecule is N#CC1=C(N)Oc2c(c(=O)oc3ccccc23)C12C(=O)N(Cc1ccc(CN3C(=O)C4(C(C#N)=C(N)Oc5c4c(=O)oc4ccccc54)c4ccccc43)cc1)c1ccccc12. The molecular weight excluding hydrogens is 789 g/mol. The van der Waals surface area contributed by atoms with Gasteiger partial charge in [0, 0.05) is 22.5 Å². The van der Waals surface area contributed by atoms with Gasteiger partial charge in [0.2, 0.25) is 23.6 Å². The second-order valence-electron chi connectivity index (χ2n) is 15.2. The lowest BCUT2D eigenvalue weighted by Crippen LogP contribution is -2.48. The van der Waals surface area contributed by atoms with Gasteiger partial charge in [0.1, 0.15) is 45.6 Å². The molecule has 2 atom stereocenters. The Bertz CT molecular complexity index is 3250. The molecule has 0 fully saturated rings. The van der Waals surface area contributed by atoms with Crippen molar-refractivity contribution in [2.75, 3.05) is 9.80 Å². The topological polar surface area (TPSA) is 219 Å². The van der Waals surface area contributed by atoms with E-state index >= 15 is 9.59 Å². The molecule has 62 heavy (non-hydrogen) atoms. The predicted molar refractivity (Wildman–Crippen MR) is 223 cm³/mol. The highest BCUT2D eigenvalue weighted by molar-refractivity contribution is 6.16. The fourth-order valence-corrected chi connectivity index (χ4v) is 9.62. The van der Waals surface area contributed by atoms with Crippen LogP contribution in [0.4, 0.5) is 11.4 Å². The van der Waals surface area contributed by atoms with Gasteiger partial charge in [0.15, 0.2) is 22.3 Å². The van der Waals surface area contributed by atoms with Crippen molar-refractivity contribution >= 4 is 45.1 Å². The molecule has 6 heterocycles. The summed E-state index contributed by atoms with van der Waals surface area (Å²) in [5, 5.41) is 21.9. The van der Waals surface area contributed by atoms with Crippen LogP contribution in [0, 0.1) is 22.7 Å². The Hall–Kier alpha value is -8.88. The minimum Gasteiger partial charge on any atom is -0.439 e. The van der Waals surface area contributed by atoms with E-state index in [9.17, 15) is 20.1 Å². The number of carbonyl (C=O) groups excluding carboxylic acids is 2. The van der Waals surface area contributed by atoms with Gasteiger partial charge in [0.05, 0.1) is 23.9 Å². The van der Waals surface area contributed by atoms with Gasteiger partial charge in [-0.05, 0) is 47.5 Å². The molecule has 11 rings (SSSR count). The first kappa shape index (κ1) is 36.2. The molecule has 4 N–H and O–H groups in total. The van der Waals surface area contributed by atoms with E-state index in [0.717, 1.165) is 0 Å². The molecule has 0 aliphatic carbocycles. The van der Waals surface area contributed by atoms with Gasteiger partial charge < -0.3 is 39.6 Å². The lowest BCUT2D eigenvalue weighted by atomic mass is 9.69. The molecule has 7 aromatic rings. The van der Waals surface area contributed by atoms with Crippen LogP contribution in [0.1, 0.15) is 33.4 Å². The highest BCUT2D eigenvalue weighted by Crippen LogP contribution is 2.57. The molecule has 2 unspecified atom stereocenters. The Morgan fingerprint density at radius 2 is 0.887 bits per heavy atom. The number of nitrogens with two attached hydrogens (primary N) is 2. The Kier molecular flexibility index (Phi) is 7.48. The summed E-state index contributed by atoms with van der Waals surface area (Å²) in [5.41, 5.74) is 9.97. The summed E-state index contributed by atoms with van der Waals surface area (Å²) in [5.74, 6) is -1.70. The van der Waals surface area contributed by atoms with E-state index in [-0.39, 0.29) is 69.8 Å². The Morgan fingerprint density at radius 3 is 1.29 bits per heavy atom. The van der Waals surface area contributed by atoms with E-state index < -0.39 is 33.9 Å². The average molecular weight is 817 g/mol. The first-order valence-corrected chi connectivity index (χ1v) is 19.3. The highest BCUT2D eigenvalue weighted by Gasteiger charge is 2.62.